The minimum atomic E-state index is -0.388. The van der Waals surface area contributed by atoms with Gasteiger partial charge in [-0.3, -0.25) is 9.78 Å². The molecule has 1 aliphatic rings. The monoisotopic (exact) mass is 511 g/mol. The second kappa shape index (κ2) is 15.7. The Labute approximate surface area is 223 Å². The lowest BCUT2D eigenvalue weighted by molar-refractivity contribution is -0.140. The number of pyridine rings is 1. The fraction of sp³-hybridized carbons (Fsp3) is 0.625. The normalized spacial score (nSPS) is 17.6. The molecule has 1 saturated carbocycles. The molecule has 1 aromatic carbocycles. The smallest absolute Gasteiger partial charge is 0.314 e. The Hall–Kier alpha value is -2.43. The zero-order valence-corrected chi connectivity index (χ0v) is 23.1. The molecule has 1 aromatic heterocycles. The first-order valence-electron chi connectivity index (χ1n) is 14.6. The molecule has 1 heterocycles. The summed E-state index contributed by atoms with van der Waals surface area (Å²) in [5.74, 6) is 1.65. The van der Waals surface area contributed by atoms with Gasteiger partial charge in [-0.2, -0.15) is 0 Å². The second-order valence-corrected chi connectivity index (χ2v) is 11.1. The van der Waals surface area contributed by atoms with Crippen molar-refractivity contribution in [3.8, 4) is 22.8 Å². The molecule has 3 rings (SSSR count). The average molecular weight is 512 g/mol. The van der Waals surface area contributed by atoms with Crippen LogP contribution in [-0.4, -0.2) is 17.6 Å². The van der Waals surface area contributed by atoms with Crippen LogP contribution in [0.2, 0.25) is 0 Å². The standard InChI is InChI=1S/C32H46FNO3/c1-4-5-6-7-8-9-21-36-31-20-17-27(22-29(31)33)30-19-18-28(23-34-30)37-32(35)26-15-13-25(14-16-26)12-10-11-24(2)3/h17-20,22-26H,4-16,21H2,1-3H3. The number of halogens is 1. The van der Waals surface area contributed by atoms with Crippen molar-refractivity contribution >= 4 is 5.97 Å². The van der Waals surface area contributed by atoms with Gasteiger partial charge >= 0.3 is 5.97 Å². The highest BCUT2D eigenvalue weighted by molar-refractivity contribution is 5.75. The number of nitrogens with zero attached hydrogens (tertiary/aromatic N) is 1. The molecule has 1 fully saturated rings. The van der Waals surface area contributed by atoms with Gasteiger partial charge in [0.2, 0.25) is 0 Å². The van der Waals surface area contributed by atoms with Crippen molar-refractivity contribution in [3.05, 3.63) is 42.3 Å². The Balaban J connectivity index is 1.42. The number of carbonyl (C=O) groups excluding carboxylic acids is 1. The Kier molecular flexibility index (Phi) is 12.4. The van der Waals surface area contributed by atoms with Crippen molar-refractivity contribution in [2.75, 3.05) is 6.61 Å². The summed E-state index contributed by atoms with van der Waals surface area (Å²) in [6.45, 7) is 7.28. The summed E-state index contributed by atoms with van der Waals surface area (Å²) < 4.78 is 25.8. The molecule has 0 saturated heterocycles. The number of aromatic nitrogens is 1. The Morgan fingerprint density at radius 1 is 1.00 bits per heavy atom. The van der Waals surface area contributed by atoms with Gasteiger partial charge < -0.3 is 9.47 Å². The van der Waals surface area contributed by atoms with Crippen LogP contribution in [0.1, 0.15) is 104 Å². The number of rotatable bonds is 15. The van der Waals surface area contributed by atoms with Crippen molar-refractivity contribution < 1.29 is 18.7 Å². The molecule has 4 nitrogen and oxygen atoms in total. The summed E-state index contributed by atoms with van der Waals surface area (Å²) in [5.41, 5.74) is 1.29. The number of benzene rings is 1. The molecular formula is C32H46FNO3. The van der Waals surface area contributed by atoms with E-state index in [1.807, 2.05) is 6.07 Å². The van der Waals surface area contributed by atoms with Crippen molar-refractivity contribution in [2.24, 2.45) is 17.8 Å². The van der Waals surface area contributed by atoms with Crippen LogP contribution in [0.3, 0.4) is 0 Å². The highest BCUT2D eigenvalue weighted by Gasteiger charge is 2.27. The zero-order chi connectivity index (χ0) is 26.5. The Morgan fingerprint density at radius 3 is 2.43 bits per heavy atom. The van der Waals surface area contributed by atoms with Crippen LogP contribution in [0.5, 0.6) is 11.5 Å². The molecule has 0 amide bonds. The molecule has 0 unspecified atom stereocenters. The maximum Gasteiger partial charge on any atom is 0.314 e. The van der Waals surface area contributed by atoms with E-state index >= 15 is 0 Å². The summed E-state index contributed by atoms with van der Waals surface area (Å²) in [7, 11) is 0. The predicted octanol–water partition coefficient (Wildman–Crippen LogP) is 9.17. The van der Waals surface area contributed by atoms with Gasteiger partial charge in [0.05, 0.1) is 24.4 Å². The van der Waals surface area contributed by atoms with Gasteiger partial charge in [0, 0.05) is 5.56 Å². The third kappa shape index (κ3) is 10.1. The zero-order valence-electron chi connectivity index (χ0n) is 23.1. The van der Waals surface area contributed by atoms with Crippen LogP contribution in [0.25, 0.3) is 11.3 Å². The van der Waals surface area contributed by atoms with Crippen molar-refractivity contribution in [2.45, 2.75) is 104 Å². The maximum absolute atomic E-state index is 14.6. The number of ether oxygens (including phenoxy) is 2. The highest BCUT2D eigenvalue weighted by Crippen LogP contribution is 2.33. The van der Waals surface area contributed by atoms with Crippen LogP contribution < -0.4 is 9.47 Å². The maximum atomic E-state index is 14.6. The van der Waals surface area contributed by atoms with Crippen LogP contribution in [0.15, 0.2) is 36.5 Å². The van der Waals surface area contributed by atoms with E-state index in [1.54, 1.807) is 24.4 Å². The fourth-order valence-electron chi connectivity index (χ4n) is 5.15. The molecule has 2 aromatic rings. The van der Waals surface area contributed by atoms with E-state index in [-0.39, 0.29) is 23.5 Å². The van der Waals surface area contributed by atoms with Crippen LogP contribution in [-0.2, 0) is 4.79 Å². The van der Waals surface area contributed by atoms with E-state index < -0.39 is 0 Å². The minimum absolute atomic E-state index is 0.0287. The molecule has 0 radical (unpaired) electrons. The number of unbranched alkanes of at least 4 members (excludes halogenated alkanes) is 5. The van der Waals surface area contributed by atoms with Gasteiger partial charge in [0.25, 0.3) is 0 Å². The fourth-order valence-corrected chi connectivity index (χ4v) is 5.15. The molecule has 1 aliphatic carbocycles. The van der Waals surface area contributed by atoms with E-state index in [9.17, 15) is 9.18 Å². The molecule has 0 N–H and O–H groups in total. The molecule has 0 bridgehead atoms. The molecular weight excluding hydrogens is 465 g/mol. The van der Waals surface area contributed by atoms with E-state index in [1.165, 1.54) is 51.0 Å². The number of carbonyl (C=O) groups is 1. The van der Waals surface area contributed by atoms with E-state index in [4.69, 9.17) is 9.47 Å². The molecule has 204 valence electrons. The lowest BCUT2D eigenvalue weighted by Crippen LogP contribution is -2.25. The van der Waals surface area contributed by atoms with Crippen LogP contribution in [0.4, 0.5) is 4.39 Å². The Bertz CT molecular complexity index is 936. The third-order valence-corrected chi connectivity index (χ3v) is 7.51. The lowest BCUT2D eigenvalue weighted by atomic mass is 9.79. The second-order valence-electron chi connectivity index (χ2n) is 11.1. The quantitative estimate of drug-likeness (QED) is 0.177. The van der Waals surface area contributed by atoms with Gasteiger partial charge in [-0.05, 0) is 74.3 Å². The highest BCUT2D eigenvalue weighted by atomic mass is 19.1. The van der Waals surface area contributed by atoms with Crippen LogP contribution in [0, 0.1) is 23.6 Å². The van der Waals surface area contributed by atoms with Gasteiger partial charge in [0.1, 0.15) is 5.75 Å². The Morgan fingerprint density at radius 2 is 1.76 bits per heavy atom. The molecule has 5 heteroatoms. The first kappa shape index (κ1) is 29.1. The summed E-state index contributed by atoms with van der Waals surface area (Å²) in [4.78, 5) is 17.1. The topological polar surface area (TPSA) is 48.4 Å². The summed E-state index contributed by atoms with van der Waals surface area (Å²) in [6.07, 6.45) is 16.4. The summed E-state index contributed by atoms with van der Waals surface area (Å²) in [6, 6.07) is 8.42. The third-order valence-electron chi connectivity index (χ3n) is 7.51. The van der Waals surface area contributed by atoms with Gasteiger partial charge in [-0.1, -0.05) is 72.1 Å². The van der Waals surface area contributed by atoms with E-state index in [2.05, 4.69) is 25.8 Å². The van der Waals surface area contributed by atoms with Crippen molar-refractivity contribution in [1.82, 2.24) is 4.98 Å². The van der Waals surface area contributed by atoms with Gasteiger partial charge in [0.15, 0.2) is 11.6 Å². The van der Waals surface area contributed by atoms with E-state index in [0.717, 1.165) is 50.4 Å². The van der Waals surface area contributed by atoms with Gasteiger partial charge in [-0.15, -0.1) is 0 Å². The molecule has 0 spiro atoms. The van der Waals surface area contributed by atoms with Crippen LogP contribution >= 0.6 is 0 Å². The van der Waals surface area contributed by atoms with Gasteiger partial charge in [-0.25, -0.2) is 4.39 Å². The van der Waals surface area contributed by atoms with Crippen molar-refractivity contribution in [1.29, 1.82) is 0 Å². The average Bonchev–Trinajstić information content (AvgIpc) is 2.89. The van der Waals surface area contributed by atoms with Crippen molar-refractivity contribution in [3.63, 3.8) is 0 Å². The number of esters is 1. The first-order chi connectivity index (χ1) is 18.0. The lowest BCUT2D eigenvalue weighted by Gasteiger charge is -2.27. The number of hydrogen-bond donors (Lipinski definition) is 0. The summed E-state index contributed by atoms with van der Waals surface area (Å²) >= 11 is 0. The van der Waals surface area contributed by atoms with E-state index in [0.29, 0.717) is 23.6 Å². The number of hydrogen-bond acceptors (Lipinski definition) is 4. The first-order valence-corrected chi connectivity index (χ1v) is 14.6. The minimum Gasteiger partial charge on any atom is -0.491 e. The molecule has 0 atom stereocenters. The molecule has 37 heavy (non-hydrogen) atoms. The summed E-state index contributed by atoms with van der Waals surface area (Å²) in [5, 5.41) is 0. The molecule has 0 aliphatic heterocycles. The largest absolute Gasteiger partial charge is 0.491 e. The SMILES string of the molecule is CCCCCCCCOc1ccc(-c2ccc(OC(=O)C3CCC(CCCC(C)C)CC3)cn2)cc1F. The predicted molar refractivity (Wildman–Crippen MR) is 148 cm³/mol.